The Labute approximate surface area is 86.4 Å². The van der Waals surface area contributed by atoms with Gasteiger partial charge in [-0.2, -0.15) is 13.1 Å². The second-order valence-electron chi connectivity index (χ2n) is 5.15. The van der Waals surface area contributed by atoms with Gasteiger partial charge in [0.1, 0.15) is 0 Å². The van der Waals surface area contributed by atoms with Crippen LogP contribution in [0, 0.1) is 11.3 Å². The third kappa shape index (κ3) is 3.55. The van der Waals surface area contributed by atoms with Crippen molar-refractivity contribution in [1.82, 2.24) is 4.72 Å². The summed E-state index contributed by atoms with van der Waals surface area (Å²) in [4.78, 5) is 0. The molecular formula is C9H20N2O2S. The fourth-order valence-electron chi connectivity index (χ4n) is 2.33. The largest absolute Gasteiger partial charge is 0.274 e. The van der Waals surface area contributed by atoms with Crippen molar-refractivity contribution < 1.29 is 8.42 Å². The van der Waals surface area contributed by atoms with Crippen LogP contribution >= 0.6 is 0 Å². The summed E-state index contributed by atoms with van der Waals surface area (Å²) < 4.78 is 24.2. The average Bonchev–Trinajstić information content (AvgIpc) is 1.92. The lowest BCUT2D eigenvalue weighted by Gasteiger charge is -2.39. The van der Waals surface area contributed by atoms with Gasteiger partial charge in [-0.25, -0.2) is 5.14 Å². The molecule has 1 rings (SSSR count). The molecular weight excluding hydrogens is 200 g/mol. The third-order valence-electron chi connectivity index (χ3n) is 3.01. The van der Waals surface area contributed by atoms with Crippen molar-refractivity contribution in [2.75, 3.05) is 0 Å². The van der Waals surface area contributed by atoms with Crippen molar-refractivity contribution >= 4 is 10.2 Å². The Hall–Kier alpha value is -0.130. The molecule has 14 heavy (non-hydrogen) atoms. The van der Waals surface area contributed by atoms with Crippen molar-refractivity contribution in [3.63, 3.8) is 0 Å². The van der Waals surface area contributed by atoms with E-state index in [0.29, 0.717) is 11.3 Å². The molecule has 2 unspecified atom stereocenters. The van der Waals surface area contributed by atoms with E-state index in [1.165, 1.54) is 0 Å². The van der Waals surface area contributed by atoms with Gasteiger partial charge in [0.15, 0.2) is 0 Å². The smallest absolute Gasteiger partial charge is 0.216 e. The van der Waals surface area contributed by atoms with E-state index < -0.39 is 10.2 Å². The van der Waals surface area contributed by atoms with Crippen LogP contribution in [-0.4, -0.2) is 14.5 Å². The first-order valence-electron chi connectivity index (χ1n) is 5.00. The highest BCUT2D eigenvalue weighted by molar-refractivity contribution is 7.87. The molecule has 0 bridgehead atoms. The zero-order chi connectivity index (χ0) is 11.0. The van der Waals surface area contributed by atoms with Crippen molar-refractivity contribution in [3.8, 4) is 0 Å². The van der Waals surface area contributed by atoms with Gasteiger partial charge in [0, 0.05) is 6.04 Å². The Bertz CT molecular complexity index is 298. The van der Waals surface area contributed by atoms with E-state index in [-0.39, 0.29) is 6.04 Å². The molecule has 0 amide bonds. The highest BCUT2D eigenvalue weighted by Gasteiger charge is 2.33. The van der Waals surface area contributed by atoms with Gasteiger partial charge in [-0.15, -0.1) is 0 Å². The molecule has 1 saturated carbocycles. The molecule has 3 N–H and O–H groups in total. The summed E-state index contributed by atoms with van der Waals surface area (Å²) in [5.74, 6) is 0.358. The standard InChI is InChI=1S/C9H20N2O2S/c1-7-6-9(2,3)5-4-8(7)11-14(10,12)13/h7-8,11H,4-6H2,1-3H3,(H2,10,12,13). The zero-order valence-electron chi connectivity index (χ0n) is 9.08. The van der Waals surface area contributed by atoms with Gasteiger partial charge >= 0.3 is 0 Å². The molecule has 0 spiro atoms. The van der Waals surface area contributed by atoms with E-state index in [1.807, 2.05) is 0 Å². The van der Waals surface area contributed by atoms with Crippen molar-refractivity contribution in [3.05, 3.63) is 0 Å². The quantitative estimate of drug-likeness (QED) is 0.728. The van der Waals surface area contributed by atoms with E-state index in [0.717, 1.165) is 19.3 Å². The maximum Gasteiger partial charge on any atom is 0.274 e. The minimum absolute atomic E-state index is 0.0121. The average molecular weight is 220 g/mol. The molecule has 0 aromatic heterocycles. The number of rotatable bonds is 2. The van der Waals surface area contributed by atoms with Crippen LogP contribution in [0.5, 0.6) is 0 Å². The van der Waals surface area contributed by atoms with E-state index in [2.05, 4.69) is 25.5 Å². The third-order valence-corrected chi connectivity index (χ3v) is 3.64. The molecule has 0 heterocycles. The van der Waals surface area contributed by atoms with Crippen LogP contribution in [0.1, 0.15) is 40.0 Å². The van der Waals surface area contributed by atoms with Crippen LogP contribution in [-0.2, 0) is 10.2 Å². The van der Waals surface area contributed by atoms with E-state index in [1.54, 1.807) is 0 Å². The predicted molar refractivity (Wildman–Crippen MR) is 56.8 cm³/mol. The maximum atomic E-state index is 10.9. The second-order valence-corrected chi connectivity index (χ2v) is 6.48. The van der Waals surface area contributed by atoms with Gasteiger partial charge in [0.2, 0.25) is 0 Å². The van der Waals surface area contributed by atoms with Crippen LogP contribution < -0.4 is 9.86 Å². The zero-order valence-corrected chi connectivity index (χ0v) is 9.89. The first-order valence-corrected chi connectivity index (χ1v) is 6.54. The summed E-state index contributed by atoms with van der Waals surface area (Å²) in [6.07, 6.45) is 2.97. The second kappa shape index (κ2) is 3.79. The number of hydrogen-bond acceptors (Lipinski definition) is 2. The number of hydrogen-bond donors (Lipinski definition) is 2. The van der Waals surface area contributed by atoms with Gasteiger partial charge in [-0.1, -0.05) is 20.8 Å². The first kappa shape index (κ1) is 11.9. The van der Waals surface area contributed by atoms with Crippen LogP contribution in [0.25, 0.3) is 0 Å². The van der Waals surface area contributed by atoms with Crippen molar-refractivity contribution in [1.29, 1.82) is 0 Å². The lowest BCUT2D eigenvalue weighted by atomic mass is 9.71. The molecule has 4 nitrogen and oxygen atoms in total. The Kier molecular flexibility index (Phi) is 3.23. The van der Waals surface area contributed by atoms with Gasteiger partial charge in [-0.3, -0.25) is 0 Å². The molecule has 0 radical (unpaired) electrons. The summed E-state index contributed by atoms with van der Waals surface area (Å²) in [5.41, 5.74) is 0.329. The van der Waals surface area contributed by atoms with Crippen LogP contribution in [0.2, 0.25) is 0 Å². The van der Waals surface area contributed by atoms with Crippen LogP contribution in [0.4, 0.5) is 0 Å². The minimum Gasteiger partial charge on any atom is -0.216 e. The van der Waals surface area contributed by atoms with Gasteiger partial charge < -0.3 is 0 Å². The summed E-state index contributed by atoms with van der Waals surface area (Å²) >= 11 is 0. The van der Waals surface area contributed by atoms with Gasteiger partial charge in [0.25, 0.3) is 10.2 Å². The maximum absolute atomic E-state index is 10.9. The summed E-state index contributed by atoms with van der Waals surface area (Å²) in [5, 5.41) is 4.96. The molecule has 2 atom stereocenters. The van der Waals surface area contributed by atoms with Gasteiger partial charge in [-0.05, 0) is 30.6 Å². The lowest BCUT2D eigenvalue weighted by molar-refractivity contribution is 0.161. The molecule has 1 aliphatic carbocycles. The lowest BCUT2D eigenvalue weighted by Crippen LogP contribution is -2.46. The number of nitrogens with two attached hydrogens (primary N) is 1. The molecule has 0 aromatic rings. The molecule has 1 aliphatic rings. The van der Waals surface area contributed by atoms with Crippen molar-refractivity contribution in [2.24, 2.45) is 16.5 Å². The monoisotopic (exact) mass is 220 g/mol. The van der Waals surface area contributed by atoms with E-state index in [9.17, 15) is 8.42 Å². The molecule has 0 aliphatic heterocycles. The first-order chi connectivity index (χ1) is 6.20. The summed E-state index contributed by atoms with van der Waals surface area (Å²) in [7, 11) is -3.54. The fourth-order valence-corrected chi connectivity index (χ4v) is 3.10. The molecule has 84 valence electrons. The Balaban J connectivity index is 2.59. The Morgan fingerprint density at radius 1 is 1.43 bits per heavy atom. The Morgan fingerprint density at radius 2 is 2.00 bits per heavy atom. The molecule has 0 aromatic carbocycles. The highest BCUT2D eigenvalue weighted by atomic mass is 32.2. The summed E-state index contributed by atoms with van der Waals surface area (Å²) in [6.45, 7) is 6.51. The predicted octanol–water partition coefficient (Wildman–Crippen LogP) is 0.994. The minimum atomic E-state index is -3.54. The topological polar surface area (TPSA) is 72.2 Å². The van der Waals surface area contributed by atoms with Crippen LogP contribution in [0.3, 0.4) is 0 Å². The molecule has 0 saturated heterocycles. The fraction of sp³-hybridized carbons (Fsp3) is 1.00. The SMILES string of the molecule is CC1CC(C)(C)CCC1NS(N)(=O)=O. The van der Waals surface area contributed by atoms with Crippen LogP contribution in [0.15, 0.2) is 0 Å². The Morgan fingerprint density at radius 3 is 2.43 bits per heavy atom. The molecule has 1 fully saturated rings. The van der Waals surface area contributed by atoms with E-state index >= 15 is 0 Å². The van der Waals surface area contributed by atoms with Gasteiger partial charge in [0.05, 0.1) is 0 Å². The molecule has 5 heteroatoms. The summed E-state index contributed by atoms with van der Waals surface area (Å²) in [6, 6.07) is 0.0121. The highest BCUT2D eigenvalue weighted by Crippen LogP contribution is 2.38. The normalized spacial score (nSPS) is 32.9. The number of nitrogens with one attached hydrogen (secondary N) is 1. The van der Waals surface area contributed by atoms with E-state index in [4.69, 9.17) is 5.14 Å². The van der Waals surface area contributed by atoms with Crippen molar-refractivity contribution in [2.45, 2.75) is 46.1 Å².